The fourth-order valence-corrected chi connectivity index (χ4v) is 1.43. The fourth-order valence-electron chi connectivity index (χ4n) is 1.43. The highest BCUT2D eigenvalue weighted by Crippen LogP contribution is 2.07. The predicted molar refractivity (Wildman–Crippen MR) is 56.3 cm³/mol. The zero-order chi connectivity index (χ0) is 11.5. The molecule has 1 aromatic rings. The maximum absolute atomic E-state index is 9.70. The molecule has 0 atom stereocenters. The largest absolute Gasteiger partial charge is 0.389 e. The van der Waals surface area contributed by atoms with Gasteiger partial charge in [-0.15, -0.1) is 0 Å². The van der Waals surface area contributed by atoms with E-state index in [0.717, 1.165) is 6.54 Å². The molecule has 0 aliphatic heterocycles. The average molecular weight is 213 g/mol. The van der Waals surface area contributed by atoms with Crippen LogP contribution < -0.4 is 0 Å². The number of aryl methyl sites for hydroxylation is 1. The Morgan fingerprint density at radius 2 is 2.13 bits per heavy atom. The summed E-state index contributed by atoms with van der Waals surface area (Å²) in [6.07, 6.45) is 0. The number of aromatic nitrogens is 2. The lowest BCUT2D eigenvalue weighted by atomic mass is 10.1. The first-order valence-electron chi connectivity index (χ1n) is 5.14. The summed E-state index contributed by atoms with van der Waals surface area (Å²) in [5, 5.41) is 13.5. The van der Waals surface area contributed by atoms with E-state index in [4.69, 9.17) is 4.52 Å². The molecule has 1 aromatic heterocycles. The molecule has 0 fully saturated rings. The summed E-state index contributed by atoms with van der Waals surface area (Å²) in [4.78, 5) is 6.20. The van der Waals surface area contributed by atoms with Gasteiger partial charge in [0.05, 0.1) is 12.1 Å². The van der Waals surface area contributed by atoms with Crippen molar-refractivity contribution < 1.29 is 9.63 Å². The van der Waals surface area contributed by atoms with Crippen LogP contribution in [0.1, 0.15) is 32.5 Å². The molecule has 0 aliphatic rings. The summed E-state index contributed by atoms with van der Waals surface area (Å²) >= 11 is 0. The van der Waals surface area contributed by atoms with Crippen LogP contribution in [0.2, 0.25) is 0 Å². The number of nitrogens with zero attached hydrogens (tertiary/aromatic N) is 3. The van der Waals surface area contributed by atoms with Crippen LogP contribution in [0.3, 0.4) is 0 Å². The van der Waals surface area contributed by atoms with E-state index in [1.54, 1.807) is 20.8 Å². The zero-order valence-electron chi connectivity index (χ0n) is 9.82. The summed E-state index contributed by atoms with van der Waals surface area (Å²) in [7, 11) is 0. The van der Waals surface area contributed by atoms with Gasteiger partial charge in [-0.25, -0.2) is 0 Å². The third-order valence-electron chi connectivity index (χ3n) is 1.99. The van der Waals surface area contributed by atoms with Crippen LogP contribution in [0.4, 0.5) is 0 Å². The van der Waals surface area contributed by atoms with E-state index in [1.165, 1.54) is 0 Å². The van der Waals surface area contributed by atoms with Crippen LogP contribution in [0.25, 0.3) is 0 Å². The van der Waals surface area contributed by atoms with Gasteiger partial charge in [0.1, 0.15) is 0 Å². The Kier molecular flexibility index (Phi) is 3.82. The van der Waals surface area contributed by atoms with E-state index in [9.17, 15) is 5.11 Å². The normalized spacial score (nSPS) is 12.4. The fraction of sp³-hybridized carbons (Fsp3) is 0.800. The average Bonchev–Trinajstić information content (AvgIpc) is 2.47. The molecule has 0 aliphatic carbocycles. The van der Waals surface area contributed by atoms with Crippen LogP contribution >= 0.6 is 0 Å². The molecular formula is C10H19N3O2. The molecule has 1 rings (SSSR count). The highest BCUT2D eigenvalue weighted by molar-refractivity contribution is 4.85. The Balaban J connectivity index is 2.54. The van der Waals surface area contributed by atoms with Gasteiger partial charge >= 0.3 is 0 Å². The Labute approximate surface area is 90.1 Å². The monoisotopic (exact) mass is 213 g/mol. The van der Waals surface area contributed by atoms with Gasteiger partial charge in [-0.05, 0) is 20.4 Å². The molecule has 0 radical (unpaired) electrons. The van der Waals surface area contributed by atoms with E-state index in [1.807, 2.05) is 6.92 Å². The Morgan fingerprint density at radius 3 is 2.53 bits per heavy atom. The number of hydrogen-bond acceptors (Lipinski definition) is 5. The maximum Gasteiger partial charge on any atom is 0.223 e. The first kappa shape index (κ1) is 12.1. The second-order valence-corrected chi connectivity index (χ2v) is 4.35. The van der Waals surface area contributed by atoms with Crippen molar-refractivity contribution in [2.45, 2.75) is 39.8 Å². The van der Waals surface area contributed by atoms with Gasteiger partial charge in [0, 0.05) is 13.5 Å². The van der Waals surface area contributed by atoms with Crippen molar-refractivity contribution in [3.8, 4) is 0 Å². The number of aliphatic hydroxyl groups is 1. The molecular weight excluding hydrogens is 194 g/mol. The minimum absolute atomic E-state index is 0.573. The third-order valence-corrected chi connectivity index (χ3v) is 1.99. The molecule has 0 saturated heterocycles. The maximum atomic E-state index is 9.70. The van der Waals surface area contributed by atoms with Gasteiger partial charge in [0.25, 0.3) is 0 Å². The molecule has 0 aromatic carbocycles. The Bertz CT molecular complexity index is 304. The summed E-state index contributed by atoms with van der Waals surface area (Å²) in [5.74, 6) is 1.24. The Hall–Kier alpha value is -0.940. The summed E-state index contributed by atoms with van der Waals surface area (Å²) in [6, 6.07) is 0. The molecule has 0 unspecified atom stereocenters. The second kappa shape index (κ2) is 4.72. The number of rotatable bonds is 5. The molecule has 1 N–H and O–H groups in total. The third kappa shape index (κ3) is 4.40. The molecule has 0 amide bonds. The van der Waals surface area contributed by atoms with Crippen molar-refractivity contribution in [3.63, 3.8) is 0 Å². The van der Waals surface area contributed by atoms with Gasteiger partial charge in [-0.3, -0.25) is 4.90 Å². The van der Waals surface area contributed by atoms with Crippen LogP contribution in [-0.4, -0.2) is 38.8 Å². The molecule has 1 heterocycles. The van der Waals surface area contributed by atoms with E-state index < -0.39 is 5.60 Å². The molecule has 15 heavy (non-hydrogen) atoms. The molecule has 5 nitrogen and oxygen atoms in total. The minimum Gasteiger partial charge on any atom is -0.389 e. The smallest absolute Gasteiger partial charge is 0.223 e. The highest BCUT2D eigenvalue weighted by atomic mass is 16.5. The predicted octanol–water partition coefficient (Wildman–Crippen LogP) is 0.971. The van der Waals surface area contributed by atoms with Gasteiger partial charge in [-0.2, -0.15) is 4.98 Å². The highest BCUT2D eigenvalue weighted by Gasteiger charge is 2.18. The lowest BCUT2D eigenvalue weighted by Crippen LogP contribution is -2.38. The standard InChI is InChI=1S/C10H19N3O2/c1-5-13(7-10(3,4)14)6-9-11-8(2)15-12-9/h14H,5-7H2,1-4H3. The van der Waals surface area contributed by atoms with E-state index >= 15 is 0 Å². The molecule has 86 valence electrons. The van der Waals surface area contributed by atoms with Crippen molar-refractivity contribution in [2.75, 3.05) is 13.1 Å². The minimum atomic E-state index is -0.700. The van der Waals surface area contributed by atoms with Gasteiger partial charge in [-0.1, -0.05) is 12.1 Å². The molecule has 0 bridgehead atoms. The van der Waals surface area contributed by atoms with Crippen molar-refractivity contribution in [2.24, 2.45) is 0 Å². The summed E-state index contributed by atoms with van der Waals surface area (Å²) in [6.45, 7) is 9.43. The van der Waals surface area contributed by atoms with Gasteiger partial charge in [0.2, 0.25) is 5.89 Å². The van der Waals surface area contributed by atoms with E-state index in [2.05, 4.69) is 15.0 Å². The van der Waals surface area contributed by atoms with E-state index in [0.29, 0.717) is 24.8 Å². The topological polar surface area (TPSA) is 62.4 Å². The van der Waals surface area contributed by atoms with Crippen LogP contribution in [0.15, 0.2) is 4.52 Å². The summed E-state index contributed by atoms with van der Waals surface area (Å²) in [5.41, 5.74) is -0.700. The van der Waals surface area contributed by atoms with Crippen LogP contribution in [-0.2, 0) is 6.54 Å². The molecule has 0 spiro atoms. The van der Waals surface area contributed by atoms with Crippen molar-refractivity contribution in [1.82, 2.24) is 15.0 Å². The first-order chi connectivity index (χ1) is 6.90. The second-order valence-electron chi connectivity index (χ2n) is 4.35. The lowest BCUT2D eigenvalue weighted by Gasteiger charge is -2.26. The molecule has 0 saturated carbocycles. The first-order valence-corrected chi connectivity index (χ1v) is 5.14. The number of likely N-dealkylation sites (N-methyl/N-ethyl adjacent to an activating group) is 1. The summed E-state index contributed by atoms with van der Waals surface area (Å²) < 4.78 is 4.89. The van der Waals surface area contributed by atoms with E-state index in [-0.39, 0.29) is 0 Å². The Morgan fingerprint density at radius 1 is 1.47 bits per heavy atom. The van der Waals surface area contributed by atoms with Crippen LogP contribution in [0.5, 0.6) is 0 Å². The van der Waals surface area contributed by atoms with Gasteiger partial charge in [0.15, 0.2) is 5.82 Å². The van der Waals surface area contributed by atoms with Crippen molar-refractivity contribution in [3.05, 3.63) is 11.7 Å². The molecule has 5 heteroatoms. The lowest BCUT2D eigenvalue weighted by molar-refractivity contribution is 0.0343. The number of hydrogen-bond donors (Lipinski definition) is 1. The van der Waals surface area contributed by atoms with Gasteiger partial charge < -0.3 is 9.63 Å². The quantitative estimate of drug-likeness (QED) is 0.789. The van der Waals surface area contributed by atoms with Crippen LogP contribution in [0, 0.1) is 6.92 Å². The SMILES string of the molecule is CCN(Cc1noc(C)n1)CC(C)(C)O. The van der Waals surface area contributed by atoms with Crippen molar-refractivity contribution >= 4 is 0 Å². The van der Waals surface area contributed by atoms with Crippen molar-refractivity contribution in [1.29, 1.82) is 0 Å². The zero-order valence-corrected chi connectivity index (χ0v) is 9.82.